The summed E-state index contributed by atoms with van der Waals surface area (Å²) in [6.07, 6.45) is 6.26. The molecular formula is C18H33N3O2. The molecule has 5 nitrogen and oxygen atoms in total. The predicted molar refractivity (Wildman–Crippen MR) is 92.1 cm³/mol. The Morgan fingerprint density at radius 2 is 1.91 bits per heavy atom. The fourth-order valence-corrected chi connectivity index (χ4v) is 3.93. The van der Waals surface area contributed by atoms with Gasteiger partial charge in [0.15, 0.2) is 0 Å². The van der Waals surface area contributed by atoms with Gasteiger partial charge >= 0.3 is 0 Å². The van der Waals surface area contributed by atoms with Gasteiger partial charge in [-0.1, -0.05) is 6.42 Å². The van der Waals surface area contributed by atoms with Crippen molar-refractivity contribution in [3.8, 4) is 0 Å². The van der Waals surface area contributed by atoms with Gasteiger partial charge in [-0.25, -0.2) is 0 Å². The minimum absolute atomic E-state index is 0.0342. The highest BCUT2D eigenvalue weighted by Crippen LogP contribution is 2.28. The number of nitrogens with zero attached hydrogens (tertiary/aromatic N) is 2. The summed E-state index contributed by atoms with van der Waals surface area (Å²) in [6, 6.07) is 1.30. The molecule has 0 aromatic heterocycles. The molecule has 23 heavy (non-hydrogen) atoms. The number of carbonyl (C=O) groups excluding carboxylic acids is 2. The quantitative estimate of drug-likeness (QED) is 0.762. The Hall–Kier alpha value is -1.10. The fraction of sp³-hybridized carbons (Fsp3) is 0.889. The Morgan fingerprint density at radius 3 is 2.48 bits per heavy atom. The van der Waals surface area contributed by atoms with E-state index in [0.717, 1.165) is 19.4 Å². The largest absolute Gasteiger partial charge is 0.355 e. The van der Waals surface area contributed by atoms with Gasteiger partial charge in [-0.3, -0.25) is 14.5 Å². The van der Waals surface area contributed by atoms with Crippen molar-refractivity contribution in [3.05, 3.63) is 0 Å². The average molecular weight is 323 g/mol. The zero-order valence-electron chi connectivity index (χ0n) is 15.2. The summed E-state index contributed by atoms with van der Waals surface area (Å²) in [5, 5.41) is 2.98. The number of likely N-dealkylation sites (tertiary alicyclic amines) is 2. The summed E-state index contributed by atoms with van der Waals surface area (Å²) < 4.78 is 0. The minimum atomic E-state index is -0.187. The molecule has 2 aliphatic heterocycles. The lowest BCUT2D eigenvalue weighted by atomic mass is 9.97. The molecule has 2 rings (SSSR count). The molecule has 2 fully saturated rings. The molecule has 2 aliphatic rings. The molecule has 0 bridgehead atoms. The second-order valence-electron chi connectivity index (χ2n) is 7.86. The lowest BCUT2D eigenvalue weighted by molar-refractivity contribution is -0.136. The van der Waals surface area contributed by atoms with E-state index in [4.69, 9.17) is 0 Å². The van der Waals surface area contributed by atoms with Gasteiger partial charge in [0.1, 0.15) is 6.54 Å². The summed E-state index contributed by atoms with van der Waals surface area (Å²) in [7, 11) is 0. The minimum Gasteiger partial charge on any atom is -0.355 e. The Kier molecular flexibility index (Phi) is 6.06. The van der Waals surface area contributed by atoms with Gasteiger partial charge in [-0.15, -0.1) is 0 Å². The van der Waals surface area contributed by atoms with Crippen LogP contribution in [0.5, 0.6) is 0 Å². The van der Waals surface area contributed by atoms with Crippen molar-refractivity contribution >= 4 is 11.8 Å². The van der Waals surface area contributed by atoms with Crippen molar-refractivity contribution in [3.63, 3.8) is 0 Å². The Morgan fingerprint density at radius 1 is 1.26 bits per heavy atom. The Bertz CT molecular complexity index is 426. The number of carbonyl (C=O) groups is 2. The molecule has 2 heterocycles. The third-order valence-electron chi connectivity index (χ3n) is 5.58. The van der Waals surface area contributed by atoms with E-state index in [-0.39, 0.29) is 23.9 Å². The van der Waals surface area contributed by atoms with Crippen LogP contribution >= 0.6 is 0 Å². The highest BCUT2D eigenvalue weighted by Gasteiger charge is 2.38. The van der Waals surface area contributed by atoms with Crippen molar-refractivity contribution in [1.82, 2.24) is 15.1 Å². The van der Waals surface area contributed by atoms with Crippen LogP contribution in [0.4, 0.5) is 0 Å². The maximum atomic E-state index is 12.1. The second-order valence-corrected chi connectivity index (χ2v) is 7.86. The van der Waals surface area contributed by atoms with Crippen LogP contribution in [0.2, 0.25) is 0 Å². The molecule has 132 valence electrons. The first-order chi connectivity index (χ1) is 10.8. The molecule has 0 radical (unpaired) electrons. The van der Waals surface area contributed by atoms with E-state index < -0.39 is 0 Å². The molecule has 2 unspecified atom stereocenters. The molecule has 0 aromatic carbocycles. The van der Waals surface area contributed by atoms with Crippen LogP contribution in [-0.2, 0) is 9.59 Å². The number of hydrogen-bond donors (Lipinski definition) is 1. The average Bonchev–Trinajstić information content (AvgIpc) is 2.73. The third-order valence-corrected chi connectivity index (χ3v) is 5.58. The zero-order chi connectivity index (χ0) is 17.0. The lowest BCUT2D eigenvalue weighted by Crippen LogP contribution is -2.47. The number of amides is 2. The fourth-order valence-electron chi connectivity index (χ4n) is 3.93. The number of piperidine rings is 1. The van der Waals surface area contributed by atoms with Gasteiger partial charge in [0.25, 0.3) is 0 Å². The Balaban J connectivity index is 1.68. The molecule has 2 atom stereocenters. The monoisotopic (exact) mass is 323 g/mol. The van der Waals surface area contributed by atoms with Crippen LogP contribution in [-0.4, -0.2) is 58.9 Å². The number of hydrogen-bond acceptors (Lipinski definition) is 3. The normalized spacial score (nSPS) is 28.2. The summed E-state index contributed by atoms with van der Waals surface area (Å²) in [4.78, 5) is 28.2. The second kappa shape index (κ2) is 7.65. The first-order valence-corrected chi connectivity index (χ1v) is 9.14. The van der Waals surface area contributed by atoms with Crippen molar-refractivity contribution in [2.45, 2.75) is 83.8 Å². The van der Waals surface area contributed by atoms with Crippen LogP contribution in [0, 0.1) is 0 Å². The van der Waals surface area contributed by atoms with Crippen LogP contribution < -0.4 is 5.32 Å². The molecule has 2 saturated heterocycles. The predicted octanol–water partition coefficient (Wildman–Crippen LogP) is 2.16. The standard InChI is InChI=1S/C18H33N3O2/c1-14-7-5-8-15(2)20(14)12-6-11-19-16(22)13-21-17(23)9-10-18(21,3)4/h14-15H,5-13H2,1-4H3,(H,19,22). The lowest BCUT2D eigenvalue weighted by Gasteiger charge is -2.39. The maximum Gasteiger partial charge on any atom is 0.239 e. The molecule has 2 amide bonds. The summed E-state index contributed by atoms with van der Waals surface area (Å²) in [5.41, 5.74) is -0.187. The first-order valence-electron chi connectivity index (χ1n) is 9.14. The van der Waals surface area contributed by atoms with E-state index in [0.29, 0.717) is 25.0 Å². The van der Waals surface area contributed by atoms with Crippen molar-refractivity contribution < 1.29 is 9.59 Å². The topological polar surface area (TPSA) is 52.7 Å². The SMILES string of the molecule is CC1CCCC(C)N1CCCNC(=O)CN1C(=O)CCC1(C)C. The van der Waals surface area contributed by atoms with Crippen LogP contribution in [0.15, 0.2) is 0 Å². The van der Waals surface area contributed by atoms with Crippen molar-refractivity contribution in [1.29, 1.82) is 0 Å². The van der Waals surface area contributed by atoms with Crippen molar-refractivity contribution in [2.24, 2.45) is 0 Å². The Labute approximate surface area is 140 Å². The van der Waals surface area contributed by atoms with E-state index in [1.54, 1.807) is 4.90 Å². The molecule has 1 N–H and O–H groups in total. The molecule has 5 heteroatoms. The smallest absolute Gasteiger partial charge is 0.239 e. The molecule has 0 spiro atoms. The third kappa shape index (κ3) is 4.69. The van der Waals surface area contributed by atoms with Crippen LogP contribution in [0.25, 0.3) is 0 Å². The van der Waals surface area contributed by atoms with E-state index >= 15 is 0 Å². The van der Waals surface area contributed by atoms with Gasteiger partial charge in [0, 0.05) is 37.1 Å². The van der Waals surface area contributed by atoms with E-state index in [1.807, 2.05) is 13.8 Å². The van der Waals surface area contributed by atoms with Gasteiger partial charge in [0.2, 0.25) is 11.8 Å². The molecular weight excluding hydrogens is 290 g/mol. The van der Waals surface area contributed by atoms with Crippen LogP contribution in [0.3, 0.4) is 0 Å². The maximum absolute atomic E-state index is 12.1. The van der Waals surface area contributed by atoms with E-state index in [1.165, 1.54) is 19.3 Å². The summed E-state index contributed by atoms with van der Waals surface area (Å²) >= 11 is 0. The highest BCUT2D eigenvalue weighted by molar-refractivity contribution is 5.86. The van der Waals surface area contributed by atoms with Gasteiger partial charge in [-0.2, -0.15) is 0 Å². The van der Waals surface area contributed by atoms with Crippen LogP contribution in [0.1, 0.15) is 66.2 Å². The van der Waals surface area contributed by atoms with Crippen molar-refractivity contribution in [2.75, 3.05) is 19.6 Å². The highest BCUT2D eigenvalue weighted by atomic mass is 16.2. The van der Waals surface area contributed by atoms with Gasteiger partial charge < -0.3 is 10.2 Å². The summed E-state index contributed by atoms with van der Waals surface area (Å²) in [6.45, 7) is 10.6. The first kappa shape index (κ1) is 18.2. The number of nitrogens with one attached hydrogen (secondary N) is 1. The molecule has 0 aliphatic carbocycles. The molecule has 0 aromatic rings. The van der Waals surface area contributed by atoms with Gasteiger partial charge in [0.05, 0.1) is 0 Å². The molecule has 0 saturated carbocycles. The zero-order valence-corrected chi connectivity index (χ0v) is 15.2. The van der Waals surface area contributed by atoms with E-state index in [2.05, 4.69) is 24.1 Å². The van der Waals surface area contributed by atoms with Gasteiger partial charge in [-0.05, 0) is 53.4 Å². The summed E-state index contributed by atoms with van der Waals surface area (Å²) in [5.74, 6) is 0.0641. The van der Waals surface area contributed by atoms with E-state index in [9.17, 15) is 9.59 Å². The number of rotatable bonds is 6.